The molecule has 3 rings (SSSR count). The highest BCUT2D eigenvalue weighted by Crippen LogP contribution is 2.20. The highest BCUT2D eigenvalue weighted by Gasteiger charge is 2.23. The first-order chi connectivity index (χ1) is 11.7. The highest BCUT2D eigenvalue weighted by molar-refractivity contribution is 6.30. The van der Waals surface area contributed by atoms with Gasteiger partial charge in [-0.1, -0.05) is 49.4 Å². The quantitative estimate of drug-likeness (QED) is 0.892. The van der Waals surface area contributed by atoms with Crippen LogP contribution in [0.1, 0.15) is 61.6 Å². The van der Waals surface area contributed by atoms with Crippen LogP contribution in [0.4, 0.5) is 0 Å². The van der Waals surface area contributed by atoms with E-state index in [1.807, 2.05) is 24.3 Å². The maximum Gasteiger partial charge on any atom is 0.273 e. The van der Waals surface area contributed by atoms with Crippen LogP contribution in [0.2, 0.25) is 5.02 Å². The molecule has 1 aromatic heterocycles. The largest absolute Gasteiger partial charge is 0.348 e. The zero-order chi connectivity index (χ0) is 16.9. The zero-order valence-corrected chi connectivity index (χ0v) is 14.7. The molecule has 0 aliphatic heterocycles. The minimum Gasteiger partial charge on any atom is -0.348 e. The molecule has 0 atom stereocenters. The van der Waals surface area contributed by atoms with Gasteiger partial charge in [-0.05, 0) is 43.5 Å². The average Bonchev–Trinajstić information content (AvgIpc) is 3.01. The van der Waals surface area contributed by atoms with E-state index in [4.69, 9.17) is 11.6 Å². The van der Waals surface area contributed by atoms with Gasteiger partial charge in [-0.2, -0.15) is 0 Å². The van der Waals surface area contributed by atoms with Crippen molar-refractivity contribution in [3.63, 3.8) is 0 Å². The fourth-order valence-corrected chi connectivity index (χ4v) is 3.36. The third-order valence-electron chi connectivity index (χ3n) is 4.48. The number of rotatable bonds is 5. The van der Waals surface area contributed by atoms with Crippen LogP contribution in [0.3, 0.4) is 0 Å². The van der Waals surface area contributed by atoms with E-state index in [1.54, 1.807) is 4.68 Å². The smallest absolute Gasteiger partial charge is 0.273 e. The van der Waals surface area contributed by atoms with Crippen LogP contribution in [-0.4, -0.2) is 26.9 Å². The lowest BCUT2D eigenvalue weighted by molar-refractivity contribution is 0.0921. The summed E-state index contributed by atoms with van der Waals surface area (Å²) in [7, 11) is 0. The van der Waals surface area contributed by atoms with E-state index < -0.39 is 0 Å². The van der Waals surface area contributed by atoms with Gasteiger partial charge >= 0.3 is 0 Å². The predicted octanol–water partition coefficient (Wildman–Crippen LogP) is 3.94. The Morgan fingerprint density at radius 2 is 1.96 bits per heavy atom. The van der Waals surface area contributed by atoms with Crippen molar-refractivity contribution < 1.29 is 4.79 Å². The number of aromatic nitrogens is 3. The van der Waals surface area contributed by atoms with Crippen LogP contribution < -0.4 is 5.32 Å². The van der Waals surface area contributed by atoms with E-state index >= 15 is 0 Å². The summed E-state index contributed by atoms with van der Waals surface area (Å²) >= 11 is 5.95. The normalized spacial score (nSPS) is 15.4. The van der Waals surface area contributed by atoms with Crippen molar-refractivity contribution >= 4 is 17.5 Å². The zero-order valence-electron chi connectivity index (χ0n) is 14.0. The van der Waals surface area contributed by atoms with Crippen molar-refractivity contribution in [3.8, 4) is 5.69 Å². The summed E-state index contributed by atoms with van der Waals surface area (Å²) in [6, 6.07) is 7.67. The van der Waals surface area contributed by atoms with Crippen LogP contribution in [-0.2, 0) is 6.42 Å². The number of halogens is 1. The number of hydrogen-bond acceptors (Lipinski definition) is 3. The van der Waals surface area contributed by atoms with Crippen molar-refractivity contribution in [2.24, 2.45) is 0 Å². The number of amides is 1. The lowest BCUT2D eigenvalue weighted by atomic mass is 9.95. The minimum absolute atomic E-state index is 0.106. The van der Waals surface area contributed by atoms with Crippen molar-refractivity contribution in [1.82, 2.24) is 20.3 Å². The first-order valence-corrected chi connectivity index (χ1v) is 9.08. The molecule has 1 aromatic carbocycles. The van der Waals surface area contributed by atoms with E-state index in [-0.39, 0.29) is 11.9 Å². The molecule has 1 N–H and O–H groups in total. The topological polar surface area (TPSA) is 59.8 Å². The molecular formula is C18H23ClN4O. The molecule has 1 aliphatic carbocycles. The second-order valence-corrected chi connectivity index (χ2v) is 6.77. The van der Waals surface area contributed by atoms with E-state index in [2.05, 4.69) is 22.6 Å². The number of nitrogens with zero attached hydrogens (tertiary/aromatic N) is 3. The molecule has 1 fully saturated rings. The summed E-state index contributed by atoms with van der Waals surface area (Å²) in [6.45, 7) is 2.09. The Bertz CT molecular complexity index is 690. The van der Waals surface area contributed by atoms with Gasteiger partial charge in [0.2, 0.25) is 0 Å². The first kappa shape index (κ1) is 17.0. The van der Waals surface area contributed by atoms with Crippen molar-refractivity contribution in [2.45, 2.75) is 57.9 Å². The maximum absolute atomic E-state index is 12.7. The molecule has 0 saturated heterocycles. The average molecular weight is 347 g/mol. The SMILES string of the molecule is CCCc1c(C(=O)NC2CCCCC2)nnn1-c1ccc(Cl)cc1. The van der Waals surface area contributed by atoms with E-state index in [0.717, 1.165) is 37.1 Å². The van der Waals surface area contributed by atoms with Crippen LogP contribution >= 0.6 is 11.6 Å². The Balaban J connectivity index is 1.84. The van der Waals surface area contributed by atoms with E-state index in [1.165, 1.54) is 19.3 Å². The number of hydrogen-bond donors (Lipinski definition) is 1. The molecular weight excluding hydrogens is 324 g/mol. The molecule has 6 heteroatoms. The van der Waals surface area contributed by atoms with Crippen LogP contribution in [0.25, 0.3) is 5.69 Å². The molecule has 1 heterocycles. The minimum atomic E-state index is -0.106. The van der Waals surface area contributed by atoms with Crippen LogP contribution in [0.5, 0.6) is 0 Å². The molecule has 128 valence electrons. The summed E-state index contributed by atoms with van der Waals surface area (Å²) in [5.41, 5.74) is 2.16. The fraction of sp³-hybridized carbons (Fsp3) is 0.500. The number of carbonyl (C=O) groups is 1. The second-order valence-electron chi connectivity index (χ2n) is 6.33. The standard InChI is InChI=1S/C18H23ClN4O/c1-2-6-16-17(18(24)20-14-7-4-3-5-8-14)21-22-23(16)15-11-9-13(19)10-12-15/h9-12,14H,2-8H2,1H3,(H,20,24). The van der Waals surface area contributed by atoms with Gasteiger partial charge in [-0.3, -0.25) is 4.79 Å². The van der Waals surface area contributed by atoms with Crippen LogP contribution in [0, 0.1) is 0 Å². The van der Waals surface area contributed by atoms with Crippen LogP contribution in [0.15, 0.2) is 24.3 Å². The second kappa shape index (κ2) is 7.79. The molecule has 5 nitrogen and oxygen atoms in total. The predicted molar refractivity (Wildman–Crippen MR) is 94.7 cm³/mol. The Labute approximate surface area is 147 Å². The van der Waals surface area contributed by atoms with E-state index in [9.17, 15) is 4.79 Å². The van der Waals surface area contributed by atoms with Gasteiger partial charge in [0.25, 0.3) is 5.91 Å². The number of benzene rings is 1. The van der Waals surface area contributed by atoms with Crippen molar-refractivity contribution in [3.05, 3.63) is 40.7 Å². The highest BCUT2D eigenvalue weighted by atomic mass is 35.5. The molecule has 2 aromatic rings. The fourth-order valence-electron chi connectivity index (χ4n) is 3.23. The van der Waals surface area contributed by atoms with Gasteiger partial charge in [0.15, 0.2) is 5.69 Å². The molecule has 1 saturated carbocycles. The Hall–Kier alpha value is -1.88. The van der Waals surface area contributed by atoms with Crippen molar-refractivity contribution in [2.75, 3.05) is 0 Å². The molecule has 0 unspecified atom stereocenters. The number of carbonyl (C=O) groups excluding carboxylic acids is 1. The molecule has 0 radical (unpaired) electrons. The Morgan fingerprint density at radius 1 is 1.25 bits per heavy atom. The third-order valence-corrected chi connectivity index (χ3v) is 4.73. The van der Waals surface area contributed by atoms with Gasteiger partial charge in [0.05, 0.1) is 11.4 Å². The van der Waals surface area contributed by atoms with Gasteiger partial charge in [-0.25, -0.2) is 4.68 Å². The summed E-state index contributed by atoms with van der Waals surface area (Å²) in [6.07, 6.45) is 7.42. The molecule has 1 aliphatic rings. The molecule has 24 heavy (non-hydrogen) atoms. The lowest BCUT2D eigenvalue weighted by Crippen LogP contribution is -2.36. The maximum atomic E-state index is 12.7. The summed E-state index contributed by atoms with van der Waals surface area (Å²) in [5, 5.41) is 12.2. The number of nitrogens with one attached hydrogen (secondary N) is 1. The van der Waals surface area contributed by atoms with Crippen molar-refractivity contribution in [1.29, 1.82) is 0 Å². The summed E-state index contributed by atoms with van der Waals surface area (Å²) in [5.74, 6) is -0.106. The van der Waals surface area contributed by atoms with Gasteiger partial charge in [0, 0.05) is 11.1 Å². The molecule has 1 amide bonds. The summed E-state index contributed by atoms with van der Waals surface area (Å²) in [4.78, 5) is 12.7. The Kier molecular flexibility index (Phi) is 5.51. The van der Waals surface area contributed by atoms with Gasteiger partial charge in [0.1, 0.15) is 0 Å². The Morgan fingerprint density at radius 3 is 2.62 bits per heavy atom. The van der Waals surface area contributed by atoms with E-state index in [0.29, 0.717) is 10.7 Å². The first-order valence-electron chi connectivity index (χ1n) is 8.70. The lowest BCUT2D eigenvalue weighted by Gasteiger charge is -2.22. The third kappa shape index (κ3) is 3.78. The van der Waals surface area contributed by atoms with Gasteiger partial charge < -0.3 is 5.32 Å². The molecule has 0 spiro atoms. The summed E-state index contributed by atoms with van der Waals surface area (Å²) < 4.78 is 1.75. The monoisotopic (exact) mass is 346 g/mol. The van der Waals surface area contributed by atoms with Gasteiger partial charge in [-0.15, -0.1) is 5.10 Å². The molecule has 0 bridgehead atoms.